The molecular weight excluding hydrogens is 314 g/mol. The Labute approximate surface area is 148 Å². The molecule has 3 N–H and O–H groups in total. The predicted octanol–water partition coefficient (Wildman–Crippen LogP) is 3.09. The van der Waals surface area contributed by atoms with Gasteiger partial charge >= 0.3 is 6.03 Å². The van der Waals surface area contributed by atoms with Crippen LogP contribution in [-0.4, -0.2) is 25.7 Å². The molecule has 0 aromatic heterocycles. The SMILES string of the molecule is CNCc1ccc(NC(=O)NCCc2ccc3c(c2)CC(C)O3)cc1. The van der Waals surface area contributed by atoms with Crippen LogP contribution in [0.5, 0.6) is 5.75 Å². The average Bonchev–Trinajstić information content (AvgIpc) is 2.96. The van der Waals surface area contributed by atoms with Gasteiger partial charge in [-0.3, -0.25) is 0 Å². The van der Waals surface area contributed by atoms with Gasteiger partial charge in [0.15, 0.2) is 0 Å². The van der Waals surface area contributed by atoms with Crippen molar-refractivity contribution in [2.24, 2.45) is 0 Å². The molecule has 0 bridgehead atoms. The van der Waals surface area contributed by atoms with E-state index in [1.807, 2.05) is 37.4 Å². The Morgan fingerprint density at radius 1 is 1.16 bits per heavy atom. The van der Waals surface area contributed by atoms with Crippen molar-refractivity contribution in [3.8, 4) is 5.75 Å². The number of nitrogens with one attached hydrogen (secondary N) is 3. The Morgan fingerprint density at radius 3 is 2.68 bits per heavy atom. The molecule has 2 amide bonds. The maximum absolute atomic E-state index is 12.0. The topological polar surface area (TPSA) is 62.4 Å². The minimum Gasteiger partial charge on any atom is -0.490 e. The normalized spacial score (nSPS) is 15.4. The molecule has 5 heteroatoms. The molecule has 1 aliphatic rings. The van der Waals surface area contributed by atoms with Gasteiger partial charge in [0.2, 0.25) is 0 Å². The summed E-state index contributed by atoms with van der Waals surface area (Å²) >= 11 is 0. The molecule has 0 fully saturated rings. The van der Waals surface area contributed by atoms with Crippen molar-refractivity contribution in [3.63, 3.8) is 0 Å². The van der Waals surface area contributed by atoms with E-state index >= 15 is 0 Å². The van der Waals surface area contributed by atoms with Crippen LogP contribution in [0.3, 0.4) is 0 Å². The summed E-state index contributed by atoms with van der Waals surface area (Å²) in [4.78, 5) is 12.0. The summed E-state index contributed by atoms with van der Waals surface area (Å²) in [6, 6.07) is 13.9. The molecule has 1 unspecified atom stereocenters. The Bertz CT molecular complexity index is 728. The number of hydrogen-bond acceptors (Lipinski definition) is 3. The summed E-state index contributed by atoms with van der Waals surface area (Å²) < 4.78 is 5.71. The highest BCUT2D eigenvalue weighted by atomic mass is 16.5. The molecule has 0 saturated heterocycles. The molecule has 0 spiro atoms. The number of carbonyl (C=O) groups excluding carboxylic acids is 1. The van der Waals surface area contributed by atoms with E-state index < -0.39 is 0 Å². The van der Waals surface area contributed by atoms with Crippen LogP contribution < -0.4 is 20.7 Å². The molecule has 5 nitrogen and oxygen atoms in total. The zero-order valence-corrected chi connectivity index (χ0v) is 14.8. The fourth-order valence-electron chi connectivity index (χ4n) is 3.04. The van der Waals surface area contributed by atoms with Gasteiger partial charge < -0.3 is 20.7 Å². The first-order valence-electron chi connectivity index (χ1n) is 8.71. The second kappa shape index (κ2) is 8.03. The molecule has 1 heterocycles. The monoisotopic (exact) mass is 339 g/mol. The molecule has 25 heavy (non-hydrogen) atoms. The van der Waals surface area contributed by atoms with Crippen molar-refractivity contribution < 1.29 is 9.53 Å². The third-order valence-electron chi connectivity index (χ3n) is 4.25. The van der Waals surface area contributed by atoms with E-state index in [1.165, 1.54) is 16.7 Å². The second-order valence-electron chi connectivity index (χ2n) is 6.43. The second-order valence-corrected chi connectivity index (χ2v) is 6.43. The third kappa shape index (κ3) is 4.73. The van der Waals surface area contributed by atoms with Crippen LogP contribution >= 0.6 is 0 Å². The highest BCUT2D eigenvalue weighted by Crippen LogP contribution is 2.29. The van der Waals surface area contributed by atoms with Crippen LogP contribution in [0.4, 0.5) is 10.5 Å². The summed E-state index contributed by atoms with van der Waals surface area (Å²) in [6.07, 6.45) is 2.02. The molecule has 3 rings (SSSR count). The van der Waals surface area contributed by atoms with Crippen LogP contribution in [0.1, 0.15) is 23.6 Å². The molecule has 0 saturated carbocycles. The quantitative estimate of drug-likeness (QED) is 0.758. The fraction of sp³-hybridized carbons (Fsp3) is 0.350. The number of hydrogen-bond donors (Lipinski definition) is 3. The first-order chi connectivity index (χ1) is 12.1. The maximum Gasteiger partial charge on any atom is 0.319 e. The van der Waals surface area contributed by atoms with Crippen LogP contribution in [-0.2, 0) is 19.4 Å². The highest BCUT2D eigenvalue weighted by molar-refractivity contribution is 5.89. The molecule has 2 aromatic rings. The lowest BCUT2D eigenvalue weighted by Gasteiger charge is -2.09. The maximum atomic E-state index is 12.0. The van der Waals surface area contributed by atoms with Gasteiger partial charge in [0.05, 0.1) is 0 Å². The lowest BCUT2D eigenvalue weighted by molar-refractivity contribution is 0.252. The van der Waals surface area contributed by atoms with Crippen molar-refractivity contribution in [1.82, 2.24) is 10.6 Å². The fourth-order valence-corrected chi connectivity index (χ4v) is 3.04. The van der Waals surface area contributed by atoms with E-state index in [0.29, 0.717) is 6.54 Å². The zero-order chi connectivity index (χ0) is 17.6. The molecule has 1 aliphatic heterocycles. The molecule has 0 radical (unpaired) electrons. The van der Waals surface area contributed by atoms with Crippen LogP contribution in [0, 0.1) is 0 Å². The standard InChI is InChI=1S/C20H25N3O2/c1-14-11-17-12-15(5-8-19(17)25-14)9-10-22-20(24)23-18-6-3-16(4-7-18)13-21-2/h3-8,12,14,21H,9-11,13H2,1-2H3,(H2,22,23,24). The molecule has 1 atom stereocenters. The van der Waals surface area contributed by atoms with Crippen LogP contribution in [0.25, 0.3) is 0 Å². The third-order valence-corrected chi connectivity index (χ3v) is 4.25. The van der Waals surface area contributed by atoms with Gasteiger partial charge in [0.1, 0.15) is 11.9 Å². The number of fused-ring (bicyclic) bond motifs is 1. The Hall–Kier alpha value is -2.53. The van der Waals surface area contributed by atoms with E-state index in [0.717, 1.165) is 30.8 Å². The molecule has 132 valence electrons. The summed E-state index contributed by atoms with van der Waals surface area (Å²) in [6.45, 7) is 3.49. The average molecular weight is 339 g/mol. The highest BCUT2D eigenvalue weighted by Gasteiger charge is 2.18. The van der Waals surface area contributed by atoms with E-state index in [-0.39, 0.29) is 12.1 Å². The van der Waals surface area contributed by atoms with E-state index in [9.17, 15) is 4.79 Å². The first-order valence-corrected chi connectivity index (χ1v) is 8.71. The van der Waals surface area contributed by atoms with Crippen molar-refractivity contribution in [2.45, 2.75) is 32.4 Å². The minimum atomic E-state index is -0.181. The Balaban J connectivity index is 1.44. The summed E-state index contributed by atoms with van der Waals surface area (Å²) in [5.74, 6) is 0.990. The van der Waals surface area contributed by atoms with Gasteiger partial charge in [-0.2, -0.15) is 0 Å². The van der Waals surface area contributed by atoms with Crippen molar-refractivity contribution in [1.29, 1.82) is 0 Å². The lowest BCUT2D eigenvalue weighted by atomic mass is 10.1. The minimum absolute atomic E-state index is 0.181. The number of anilines is 1. The molecular formula is C20H25N3O2. The van der Waals surface area contributed by atoms with Gasteiger partial charge in [0.25, 0.3) is 0 Å². The van der Waals surface area contributed by atoms with Crippen molar-refractivity contribution >= 4 is 11.7 Å². The Morgan fingerprint density at radius 2 is 1.92 bits per heavy atom. The Kier molecular flexibility index (Phi) is 5.56. The van der Waals surface area contributed by atoms with Crippen molar-refractivity contribution in [2.75, 3.05) is 18.9 Å². The summed E-state index contributed by atoms with van der Waals surface area (Å²) in [7, 11) is 1.91. The summed E-state index contributed by atoms with van der Waals surface area (Å²) in [5.41, 5.74) is 4.45. The number of carbonyl (C=O) groups is 1. The van der Waals surface area contributed by atoms with Gasteiger partial charge in [-0.1, -0.05) is 24.3 Å². The number of rotatable bonds is 6. The lowest BCUT2D eigenvalue weighted by Crippen LogP contribution is -2.30. The van der Waals surface area contributed by atoms with E-state index in [4.69, 9.17) is 4.74 Å². The van der Waals surface area contributed by atoms with Gasteiger partial charge in [-0.15, -0.1) is 0 Å². The van der Waals surface area contributed by atoms with Crippen LogP contribution in [0.2, 0.25) is 0 Å². The predicted molar refractivity (Wildman–Crippen MR) is 100 cm³/mol. The zero-order valence-electron chi connectivity index (χ0n) is 14.8. The molecule has 2 aromatic carbocycles. The largest absolute Gasteiger partial charge is 0.490 e. The molecule has 0 aliphatic carbocycles. The van der Waals surface area contributed by atoms with Gasteiger partial charge in [-0.05, 0) is 55.3 Å². The summed E-state index contributed by atoms with van der Waals surface area (Å²) in [5, 5.41) is 8.85. The van der Waals surface area contributed by atoms with Crippen molar-refractivity contribution in [3.05, 3.63) is 59.2 Å². The number of amides is 2. The van der Waals surface area contributed by atoms with Gasteiger partial charge in [-0.25, -0.2) is 4.79 Å². The number of benzene rings is 2. The van der Waals surface area contributed by atoms with Crippen LogP contribution in [0.15, 0.2) is 42.5 Å². The van der Waals surface area contributed by atoms with E-state index in [1.54, 1.807) is 0 Å². The number of ether oxygens (including phenoxy) is 1. The first kappa shape index (κ1) is 17.3. The smallest absolute Gasteiger partial charge is 0.319 e. The number of urea groups is 1. The van der Waals surface area contributed by atoms with Gasteiger partial charge in [0, 0.05) is 25.2 Å². The van der Waals surface area contributed by atoms with E-state index in [2.05, 4.69) is 35.0 Å².